The van der Waals surface area contributed by atoms with E-state index >= 15 is 0 Å². The quantitative estimate of drug-likeness (QED) is 0.543. The van der Waals surface area contributed by atoms with Crippen LogP contribution in [0.5, 0.6) is 17.2 Å². The molecular weight excluding hydrogens is 434 g/mol. The second kappa shape index (κ2) is 10.6. The lowest BCUT2D eigenvalue weighted by molar-refractivity contribution is 0.200. The van der Waals surface area contributed by atoms with Crippen molar-refractivity contribution in [2.24, 2.45) is 0 Å². The van der Waals surface area contributed by atoms with Gasteiger partial charge in [0.05, 0.1) is 25.8 Å². The van der Waals surface area contributed by atoms with Crippen LogP contribution in [0.25, 0.3) is 10.8 Å². The minimum absolute atomic E-state index is 0.193. The van der Waals surface area contributed by atoms with Crippen molar-refractivity contribution in [3.05, 3.63) is 64.1 Å². The molecule has 0 radical (unpaired) electrons. The van der Waals surface area contributed by atoms with Crippen molar-refractivity contribution in [2.75, 3.05) is 27.3 Å². The number of carbonyl (C=O) groups excluding carboxylic acids is 1. The van der Waals surface area contributed by atoms with E-state index in [4.69, 9.17) is 14.2 Å². The predicted molar refractivity (Wildman–Crippen MR) is 131 cm³/mol. The highest BCUT2D eigenvalue weighted by atomic mass is 16.6. The van der Waals surface area contributed by atoms with E-state index in [1.54, 1.807) is 18.3 Å². The maximum atomic E-state index is 12.9. The van der Waals surface area contributed by atoms with E-state index in [0.29, 0.717) is 35.4 Å². The number of benzene rings is 2. The van der Waals surface area contributed by atoms with Gasteiger partial charge >= 0.3 is 6.09 Å². The Bertz CT molecular complexity index is 1230. The van der Waals surface area contributed by atoms with E-state index in [-0.39, 0.29) is 11.3 Å². The third kappa shape index (κ3) is 5.02. The van der Waals surface area contributed by atoms with E-state index in [2.05, 4.69) is 16.3 Å². The average molecular weight is 466 g/mol. The van der Waals surface area contributed by atoms with Gasteiger partial charge in [-0.3, -0.25) is 9.69 Å². The molecule has 1 saturated heterocycles. The SMILES string of the molecule is CCn1cc(OC(=O)NCc2ccccc2CN2CCCC2)c2cc(OC)c(OC)cc2c1=O. The third-order valence-electron chi connectivity index (χ3n) is 6.23. The summed E-state index contributed by atoms with van der Waals surface area (Å²) >= 11 is 0. The fourth-order valence-electron chi connectivity index (χ4n) is 4.37. The van der Waals surface area contributed by atoms with Crippen LogP contribution in [-0.4, -0.2) is 42.9 Å². The number of carbonyl (C=O) groups is 1. The van der Waals surface area contributed by atoms with Gasteiger partial charge in [-0.05, 0) is 56.1 Å². The van der Waals surface area contributed by atoms with Gasteiger partial charge in [-0.25, -0.2) is 4.79 Å². The van der Waals surface area contributed by atoms with Crippen molar-refractivity contribution in [3.8, 4) is 17.2 Å². The lowest BCUT2D eigenvalue weighted by Gasteiger charge is -2.18. The number of methoxy groups -OCH3 is 2. The van der Waals surface area contributed by atoms with Crippen LogP contribution in [0.2, 0.25) is 0 Å². The van der Waals surface area contributed by atoms with Gasteiger partial charge in [0.15, 0.2) is 17.2 Å². The van der Waals surface area contributed by atoms with E-state index in [0.717, 1.165) is 25.2 Å². The molecule has 1 aliphatic heterocycles. The van der Waals surface area contributed by atoms with Crippen LogP contribution in [0, 0.1) is 0 Å². The number of fused-ring (bicyclic) bond motifs is 1. The fourth-order valence-corrected chi connectivity index (χ4v) is 4.37. The normalized spacial score (nSPS) is 13.7. The summed E-state index contributed by atoms with van der Waals surface area (Å²) in [6, 6.07) is 11.4. The summed E-state index contributed by atoms with van der Waals surface area (Å²) in [4.78, 5) is 28.1. The Hall–Kier alpha value is -3.52. The van der Waals surface area contributed by atoms with Crippen molar-refractivity contribution < 1.29 is 19.0 Å². The standard InChI is InChI=1S/C26H31N3O5/c1-4-29-17-24(20-13-22(32-2)23(33-3)14-21(20)25(29)30)34-26(31)27-15-18-9-5-6-10-19(18)16-28-11-7-8-12-28/h5-6,9-10,13-14,17H,4,7-8,11-12,15-16H2,1-3H3,(H,27,31). The van der Waals surface area contributed by atoms with E-state index in [1.807, 2.05) is 25.1 Å². The molecule has 1 fully saturated rings. The van der Waals surface area contributed by atoms with Gasteiger partial charge in [-0.1, -0.05) is 24.3 Å². The number of aryl methyl sites for hydroxylation is 1. The molecule has 1 aromatic heterocycles. The molecular formula is C26H31N3O5. The van der Waals surface area contributed by atoms with Crippen molar-refractivity contribution in [2.45, 2.75) is 39.4 Å². The predicted octanol–water partition coefficient (Wildman–Crippen LogP) is 3.92. The lowest BCUT2D eigenvalue weighted by Crippen LogP contribution is -2.28. The minimum Gasteiger partial charge on any atom is -0.493 e. The number of nitrogens with one attached hydrogen (secondary N) is 1. The Kier molecular flexibility index (Phi) is 7.37. The molecule has 8 nitrogen and oxygen atoms in total. The highest BCUT2D eigenvalue weighted by Gasteiger charge is 2.18. The van der Waals surface area contributed by atoms with E-state index in [9.17, 15) is 9.59 Å². The van der Waals surface area contributed by atoms with Crippen molar-refractivity contribution in [3.63, 3.8) is 0 Å². The Morgan fingerprint density at radius 2 is 1.62 bits per heavy atom. The van der Waals surface area contributed by atoms with Crippen molar-refractivity contribution in [1.82, 2.24) is 14.8 Å². The fraction of sp³-hybridized carbons (Fsp3) is 0.385. The Morgan fingerprint density at radius 1 is 0.971 bits per heavy atom. The first-order valence-electron chi connectivity index (χ1n) is 11.6. The van der Waals surface area contributed by atoms with Gasteiger partial charge in [-0.2, -0.15) is 0 Å². The maximum Gasteiger partial charge on any atom is 0.412 e. The molecule has 3 aromatic rings. The maximum absolute atomic E-state index is 12.9. The molecule has 1 amide bonds. The summed E-state index contributed by atoms with van der Waals surface area (Å²) in [7, 11) is 3.03. The number of rotatable bonds is 8. The number of ether oxygens (including phenoxy) is 3. The first kappa shape index (κ1) is 23.6. The zero-order valence-corrected chi connectivity index (χ0v) is 19.9. The summed E-state index contributed by atoms with van der Waals surface area (Å²) < 4.78 is 17.9. The molecule has 4 rings (SSSR count). The number of nitrogens with zero attached hydrogens (tertiary/aromatic N) is 2. The first-order valence-corrected chi connectivity index (χ1v) is 11.6. The van der Waals surface area contributed by atoms with Gasteiger partial charge in [0.2, 0.25) is 0 Å². The largest absolute Gasteiger partial charge is 0.493 e. The Morgan fingerprint density at radius 3 is 2.26 bits per heavy atom. The molecule has 0 unspecified atom stereocenters. The third-order valence-corrected chi connectivity index (χ3v) is 6.23. The van der Waals surface area contributed by atoms with Gasteiger partial charge in [-0.15, -0.1) is 0 Å². The molecule has 0 bridgehead atoms. The molecule has 2 aromatic carbocycles. The van der Waals surface area contributed by atoms with Crippen LogP contribution in [0.15, 0.2) is 47.4 Å². The van der Waals surface area contributed by atoms with Crippen LogP contribution in [0.1, 0.15) is 30.9 Å². The number of hydrogen-bond donors (Lipinski definition) is 1. The molecule has 0 spiro atoms. The van der Waals surface area contributed by atoms with E-state index < -0.39 is 6.09 Å². The average Bonchev–Trinajstić information content (AvgIpc) is 3.37. The van der Waals surface area contributed by atoms with Gasteiger partial charge in [0.25, 0.3) is 5.56 Å². The second-order valence-electron chi connectivity index (χ2n) is 8.33. The molecule has 1 N–H and O–H groups in total. The molecule has 0 saturated carbocycles. The summed E-state index contributed by atoms with van der Waals surface area (Å²) in [6.07, 6.45) is 3.43. The lowest BCUT2D eigenvalue weighted by atomic mass is 10.1. The minimum atomic E-state index is -0.589. The number of hydrogen-bond acceptors (Lipinski definition) is 6. The van der Waals surface area contributed by atoms with E-state index in [1.165, 1.54) is 37.2 Å². The summed E-state index contributed by atoms with van der Waals surface area (Å²) in [6.45, 7) is 5.74. The van der Waals surface area contributed by atoms with Crippen LogP contribution >= 0.6 is 0 Å². The summed E-state index contributed by atoms with van der Waals surface area (Å²) in [5, 5.41) is 3.73. The highest BCUT2D eigenvalue weighted by Crippen LogP contribution is 2.35. The second-order valence-corrected chi connectivity index (χ2v) is 8.33. The molecule has 1 aliphatic rings. The van der Waals surface area contributed by atoms with Crippen LogP contribution in [-0.2, 0) is 19.6 Å². The monoisotopic (exact) mass is 465 g/mol. The number of pyridine rings is 1. The molecule has 180 valence electrons. The zero-order valence-electron chi connectivity index (χ0n) is 19.9. The summed E-state index contributed by atoms with van der Waals surface area (Å²) in [5.74, 6) is 1.16. The number of amides is 1. The topological polar surface area (TPSA) is 82.0 Å². The Balaban J connectivity index is 1.55. The molecule has 2 heterocycles. The van der Waals surface area contributed by atoms with Crippen molar-refractivity contribution in [1.29, 1.82) is 0 Å². The first-order chi connectivity index (χ1) is 16.5. The molecule has 34 heavy (non-hydrogen) atoms. The van der Waals surface area contributed by atoms with Crippen molar-refractivity contribution >= 4 is 16.9 Å². The van der Waals surface area contributed by atoms with Gasteiger partial charge in [0, 0.05) is 25.0 Å². The number of aromatic nitrogens is 1. The molecule has 0 aliphatic carbocycles. The van der Waals surface area contributed by atoms with Crippen LogP contribution < -0.4 is 25.1 Å². The smallest absolute Gasteiger partial charge is 0.412 e. The van der Waals surface area contributed by atoms with Crippen LogP contribution in [0.4, 0.5) is 4.79 Å². The van der Waals surface area contributed by atoms with Crippen LogP contribution in [0.3, 0.4) is 0 Å². The number of likely N-dealkylation sites (tertiary alicyclic amines) is 1. The van der Waals surface area contributed by atoms with Gasteiger partial charge in [0.1, 0.15) is 0 Å². The molecule has 0 atom stereocenters. The molecule has 8 heteroatoms. The highest BCUT2D eigenvalue weighted by molar-refractivity contribution is 5.92. The Labute approximate surface area is 199 Å². The zero-order chi connectivity index (χ0) is 24.1. The van der Waals surface area contributed by atoms with Gasteiger partial charge < -0.3 is 24.1 Å². The summed E-state index contributed by atoms with van der Waals surface area (Å²) in [5.41, 5.74) is 2.06.